The molecule has 2 fully saturated rings. The van der Waals surface area contributed by atoms with Crippen molar-refractivity contribution in [3.05, 3.63) is 11.1 Å². The summed E-state index contributed by atoms with van der Waals surface area (Å²) in [5.41, 5.74) is 2.71. The maximum absolute atomic E-state index is 12.0. The fourth-order valence-corrected chi connectivity index (χ4v) is 7.39. The SMILES string of the molecule is CC1CC(O)C(C)C12CCC1=C2CC2(C)CCC(C)(C(=O)O)C12. The van der Waals surface area contributed by atoms with E-state index in [2.05, 4.69) is 20.8 Å². The Morgan fingerprint density at radius 2 is 1.87 bits per heavy atom. The van der Waals surface area contributed by atoms with Crippen molar-refractivity contribution in [3.63, 3.8) is 0 Å². The molecule has 7 atom stereocenters. The first-order chi connectivity index (χ1) is 10.7. The molecule has 2 saturated carbocycles. The molecule has 0 aromatic rings. The highest BCUT2D eigenvalue weighted by Gasteiger charge is 2.66. The van der Waals surface area contributed by atoms with Crippen molar-refractivity contribution in [1.82, 2.24) is 0 Å². The molecule has 0 saturated heterocycles. The van der Waals surface area contributed by atoms with Crippen LogP contribution in [0.3, 0.4) is 0 Å². The summed E-state index contributed by atoms with van der Waals surface area (Å²) in [5, 5.41) is 20.3. The van der Waals surface area contributed by atoms with Gasteiger partial charge in [-0.05, 0) is 68.1 Å². The average molecular weight is 318 g/mol. The fraction of sp³-hybridized carbons (Fsp3) is 0.850. The fourth-order valence-electron chi connectivity index (χ4n) is 7.39. The van der Waals surface area contributed by atoms with Crippen LogP contribution in [0.1, 0.15) is 66.2 Å². The van der Waals surface area contributed by atoms with Gasteiger partial charge in [0, 0.05) is 5.92 Å². The van der Waals surface area contributed by atoms with Gasteiger partial charge < -0.3 is 10.2 Å². The van der Waals surface area contributed by atoms with E-state index in [9.17, 15) is 15.0 Å². The van der Waals surface area contributed by atoms with E-state index in [0.717, 1.165) is 38.5 Å². The number of aliphatic carboxylic acids is 1. The first kappa shape index (κ1) is 15.7. The van der Waals surface area contributed by atoms with Crippen LogP contribution >= 0.6 is 0 Å². The highest BCUT2D eigenvalue weighted by Crippen LogP contribution is 2.73. The maximum atomic E-state index is 12.0. The van der Waals surface area contributed by atoms with E-state index in [1.54, 1.807) is 5.57 Å². The summed E-state index contributed by atoms with van der Waals surface area (Å²) in [7, 11) is 0. The molecular formula is C20H30O3. The van der Waals surface area contributed by atoms with Crippen molar-refractivity contribution in [3.8, 4) is 0 Å². The number of aliphatic hydroxyl groups is 1. The molecule has 4 rings (SSSR count). The maximum Gasteiger partial charge on any atom is 0.309 e. The van der Waals surface area contributed by atoms with Gasteiger partial charge in [-0.15, -0.1) is 0 Å². The standard InChI is InChI=1S/C20H30O3/c1-11-9-15(21)12(2)20(11)6-5-13-14(20)10-18(3)7-8-19(4,16(13)18)17(22)23/h11-12,15-16,21H,5-10H2,1-4H3,(H,22,23). The van der Waals surface area contributed by atoms with Crippen molar-refractivity contribution in [2.24, 2.45) is 34.0 Å². The van der Waals surface area contributed by atoms with E-state index >= 15 is 0 Å². The molecule has 23 heavy (non-hydrogen) atoms. The van der Waals surface area contributed by atoms with Gasteiger partial charge in [-0.3, -0.25) is 4.79 Å². The quantitative estimate of drug-likeness (QED) is 0.718. The number of carboxylic acids is 1. The third-order valence-corrected chi connectivity index (χ3v) is 8.59. The van der Waals surface area contributed by atoms with E-state index in [4.69, 9.17) is 0 Å². The van der Waals surface area contributed by atoms with Crippen molar-refractivity contribution >= 4 is 5.97 Å². The Labute approximate surface area is 139 Å². The van der Waals surface area contributed by atoms with Crippen LogP contribution in [-0.4, -0.2) is 22.3 Å². The predicted octanol–water partition coefficient (Wildman–Crippen LogP) is 4.01. The average Bonchev–Trinajstić information content (AvgIpc) is 3.10. The molecule has 0 aromatic carbocycles. The summed E-state index contributed by atoms with van der Waals surface area (Å²) < 4.78 is 0. The van der Waals surface area contributed by atoms with Gasteiger partial charge in [-0.1, -0.05) is 31.9 Å². The molecular weight excluding hydrogens is 288 g/mol. The number of allylic oxidation sites excluding steroid dienone is 2. The highest BCUT2D eigenvalue weighted by atomic mass is 16.4. The number of fused-ring (bicyclic) bond motifs is 3. The first-order valence-corrected chi connectivity index (χ1v) is 9.31. The zero-order valence-corrected chi connectivity index (χ0v) is 14.9. The molecule has 1 spiro atoms. The molecule has 0 amide bonds. The van der Waals surface area contributed by atoms with Crippen LogP contribution in [0.15, 0.2) is 11.1 Å². The predicted molar refractivity (Wildman–Crippen MR) is 88.8 cm³/mol. The van der Waals surface area contributed by atoms with Gasteiger partial charge in [0.25, 0.3) is 0 Å². The monoisotopic (exact) mass is 318 g/mol. The van der Waals surface area contributed by atoms with Crippen LogP contribution in [-0.2, 0) is 4.79 Å². The smallest absolute Gasteiger partial charge is 0.309 e. The van der Waals surface area contributed by atoms with E-state index < -0.39 is 11.4 Å². The van der Waals surface area contributed by atoms with Gasteiger partial charge in [0.2, 0.25) is 0 Å². The Hall–Kier alpha value is -0.830. The van der Waals surface area contributed by atoms with Crippen molar-refractivity contribution in [1.29, 1.82) is 0 Å². The lowest BCUT2D eigenvalue weighted by molar-refractivity contribution is -0.150. The number of carbonyl (C=O) groups is 1. The molecule has 7 unspecified atom stereocenters. The Bertz CT molecular complexity index is 608. The zero-order chi connectivity index (χ0) is 16.8. The molecule has 4 aliphatic carbocycles. The third-order valence-electron chi connectivity index (χ3n) is 8.59. The van der Waals surface area contributed by atoms with Crippen LogP contribution < -0.4 is 0 Å². The number of carboxylic acid groups (broad SMARTS) is 1. The Morgan fingerprint density at radius 3 is 2.43 bits per heavy atom. The number of rotatable bonds is 1. The molecule has 4 aliphatic rings. The summed E-state index contributed by atoms with van der Waals surface area (Å²) in [5.74, 6) is 0.412. The lowest BCUT2D eigenvalue weighted by Crippen LogP contribution is -2.36. The summed E-state index contributed by atoms with van der Waals surface area (Å²) in [6.45, 7) is 8.81. The molecule has 2 N–H and O–H groups in total. The third kappa shape index (κ3) is 1.63. The highest BCUT2D eigenvalue weighted by molar-refractivity contribution is 5.76. The molecule has 3 heteroatoms. The van der Waals surface area contributed by atoms with Crippen LogP contribution in [0.4, 0.5) is 0 Å². The first-order valence-electron chi connectivity index (χ1n) is 9.31. The van der Waals surface area contributed by atoms with Gasteiger partial charge in [-0.2, -0.15) is 0 Å². The summed E-state index contributed by atoms with van der Waals surface area (Å²) in [6.07, 6.45) is 5.78. The van der Waals surface area contributed by atoms with Crippen LogP contribution in [0.2, 0.25) is 0 Å². The summed E-state index contributed by atoms with van der Waals surface area (Å²) >= 11 is 0. The Morgan fingerprint density at radius 1 is 1.17 bits per heavy atom. The molecule has 128 valence electrons. The van der Waals surface area contributed by atoms with Gasteiger partial charge in [0.1, 0.15) is 0 Å². The minimum absolute atomic E-state index is 0.123. The topological polar surface area (TPSA) is 57.5 Å². The molecule has 0 bridgehead atoms. The van der Waals surface area contributed by atoms with E-state index in [1.165, 1.54) is 5.57 Å². The van der Waals surface area contributed by atoms with Crippen LogP contribution in [0.5, 0.6) is 0 Å². The number of hydrogen-bond acceptors (Lipinski definition) is 2. The van der Waals surface area contributed by atoms with E-state index in [-0.39, 0.29) is 22.9 Å². The zero-order valence-electron chi connectivity index (χ0n) is 14.9. The minimum Gasteiger partial charge on any atom is -0.481 e. The molecule has 3 nitrogen and oxygen atoms in total. The van der Waals surface area contributed by atoms with Crippen LogP contribution in [0.25, 0.3) is 0 Å². The van der Waals surface area contributed by atoms with Gasteiger partial charge in [0.15, 0.2) is 0 Å². The summed E-state index contributed by atoms with van der Waals surface area (Å²) in [6, 6.07) is 0. The van der Waals surface area contributed by atoms with E-state index in [1.807, 2.05) is 6.92 Å². The number of hydrogen-bond donors (Lipinski definition) is 2. The molecule has 0 aromatic heterocycles. The minimum atomic E-state index is -0.617. The van der Waals surface area contributed by atoms with Gasteiger partial charge in [0.05, 0.1) is 11.5 Å². The molecule has 0 heterocycles. The Kier molecular flexibility index (Phi) is 3.01. The van der Waals surface area contributed by atoms with Gasteiger partial charge >= 0.3 is 5.97 Å². The molecule has 0 radical (unpaired) electrons. The Balaban J connectivity index is 1.83. The van der Waals surface area contributed by atoms with Crippen molar-refractivity contribution < 1.29 is 15.0 Å². The lowest BCUT2D eigenvalue weighted by atomic mass is 9.64. The molecule has 0 aliphatic heterocycles. The van der Waals surface area contributed by atoms with Crippen molar-refractivity contribution in [2.75, 3.05) is 0 Å². The van der Waals surface area contributed by atoms with Gasteiger partial charge in [-0.25, -0.2) is 0 Å². The second kappa shape index (κ2) is 4.41. The second-order valence-corrected chi connectivity index (χ2v) is 9.52. The van der Waals surface area contributed by atoms with Crippen LogP contribution in [0, 0.1) is 34.0 Å². The van der Waals surface area contributed by atoms with Crippen molar-refractivity contribution in [2.45, 2.75) is 72.3 Å². The number of aliphatic hydroxyl groups excluding tert-OH is 1. The normalized spacial score (nSPS) is 54.8. The second-order valence-electron chi connectivity index (χ2n) is 9.52. The summed E-state index contributed by atoms with van der Waals surface area (Å²) in [4.78, 5) is 12.0. The van der Waals surface area contributed by atoms with E-state index in [0.29, 0.717) is 11.8 Å². The largest absolute Gasteiger partial charge is 0.481 e. The lowest BCUT2D eigenvalue weighted by Gasteiger charge is -2.39.